The summed E-state index contributed by atoms with van der Waals surface area (Å²) in [6.07, 6.45) is 0. The van der Waals surface area contributed by atoms with Gasteiger partial charge >= 0.3 is 0 Å². The Labute approximate surface area is 117 Å². The fourth-order valence-corrected chi connectivity index (χ4v) is 2.58. The maximum absolute atomic E-state index is 12.0. The molecule has 7 nitrogen and oxygen atoms in total. The second-order valence-corrected chi connectivity index (χ2v) is 6.13. The lowest BCUT2D eigenvalue weighted by molar-refractivity contribution is 0.600. The van der Waals surface area contributed by atoms with Crippen molar-refractivity contribution in [1.82, 2.24) is 15.2 Å². The van der Waals surface area contributed by atoms with E-state index in [1.807, 2.05) is 0 Å². The van der Waals surface area contributed by atoms with E-state index in [1.165, 1.54) is 0 Å². The Morgan fingerprint density at radius 1 is 1.10 bits per heavy atom. The molecule has 8 heteroatoms. The number of sulfonamides is 1. The van der Waals surface area contributed by atoms with Crippen molar-refractivity contribution < 1.29 is 8.42 Å². The number of rotatable bonds is 4. The van der Waals surface area contributed by atoms with Gasteiger partial charge in [-0.25, -0.2) is 18.1 Å². The highest BCUT2D eigenvalue weighted by atomic mass is 32.2. The van der Waals surface area contributed by atoms with E-state index in [0.29, 0.717) is 22.6 Å². The summed E-state index contributed by atoms with van der Waals surface area (Å²) in [4.78, 5) is 4.03. The minimum Gasteiger partial charge on any atom is -0.399 e. The molecule has 1 aromatic carbocycles. The maximum atomic E-state index is 12.0. The van der Waals surface area contributed by atoms with Gasteiger partial charge in [0.25, 0.3) is 5.95 Å². The standard InChI is InChI=1S/C12H15N5O2S/c1-8-9(2)15-16-12(14-8)17-20(18,19)7-10-3-5-11(13)6-4-10/h3-6H,7,13H2,1-2H3,(H,14,16,17). The molecule has 0 radical (unpaired) electrons. The van der Waals surface area contributed by atoms with Crippen LogP contribution in [0.5, 0.6) is 0 Å². The Balaban J connectivity index is 2.14. The number of nitrogens with one attached hydrogen (secondary N) is 1. The van der Waals surface area contributed by atoms with Crippen LogP contribution in [-0.4, -0.2) is 23.6 Å². The van der Waals surface area contributed by atoms with Crippen molar-refractivity contribution in [3.05, 3.63) is 41.2 Å². The molecule has 0 bridgehead atoms. The third kappa shape index (κ3) is 3.64. The van der Waals surface area contributed by atoms with Crippen molar-refractivity contribution in [3.63, 3.8) is 0 Å². The van der Waals surface area contributed by atoms with Crippen molar-refractivity contribution in [2.75, 3.05) is 10.5 Å². The zero-order valence-corrected chi connectivity index (χ0v) is 12.0. The summed E-state index contributed by atoms with van der Waals surface area (Å²) in [5, 5.41) is 7.53. The van der Waals surface area contributed by atoms with Crippen LogP contribution in [0.2, 0.25) is 0 Å². The predicted molar refractivity (Wildman–Crippen MR) is 76.4 cm³/mol. The predicted octanol–water partition coefficient (Wildman–Crippen LogP) is 1.01. The van der Waals surface area contributed by atoms with Crippen LogP contribution in [0, 0.1) is 13.8 Å². The number of aromatic nitrogens is 3. The lowest BCUT2D eigenvalue weighted by Crippen LogP contribution is -2.18. The lowest BCUT2D eigenvalue weighted by Gasteiger charge is -2.07. The second kappa shape index (κ2) is 5.41. The van der Waals surface area contributed by atoms with Gasteiger partial charge in [-0.2, -0.15) is 5.10 Å². The molecule has 0 fully saturated rings. The van der Waals surface area contributed by atoms with Crippen LogP contribution in [0.25, 0.3) is 0 Å². The molecule has 0 spiro atoms. The van der Waals surface area contributed by atoms with Gasteiger partial charge < -0.3 is 5.73 Å². The van der Waals surface area contributed by atoms with E-state index < -0.39 is 10.0 Å². The molecule has 0 amide bonds. The van der Waals surface area contributed by atoms with Gasteiger partial charge in [0.05, 0.1) is 17.1 Å². The molecule has 0 saturated carbocycles. The second-order valence-electron chi connectivity index (χ2n) is 4.41. The van der Waals surface area contributed by atoms with Crippen LogP contribution >= 0.6 is 0 Å². The zero-order valence-electron chi connectivity index (χ0n) is 11.2. The molecule has 2 rings (SSSR count). The lowest BCUT2D eigenvalue weighted by atomic mass is 10.2. The van der Waals surface area contributed by atoms with E-state index in [1.54, 1.807) is 38.1 Å². The molecule has 0 aliphatic heterocycles. The molecule has 3 N–H and O–H groups in total. The molecule has 0 aliphatic carbocycles. The Morgan fingerprint density at radius 3 is 2.35 bits per heavy atom. The molecule has 1 heterocycles. The summed E-state index contributed by atoms with van der Waals surface area (Å²) in [5.41, 5.74) is 8.05. The average Bonchev–Trinajstić information content (AvgIpc) is 2.36. The number of anilines is 2. The Morgan fingerprint density at radius 2 is 1.75 bits per heavy atom. The first kappa shape index (κ1) is 14.2. The Kier molecular flexibility index (Phi) is 3.84. The smallest absolute Gasteiger partial charge is 0.256 e. The molecule has 0 atom stereocenters. The third-order valence-electron chi connectivity index (χ3n) is 2.68. The first-order valence-corrected chi connectivity index (χ1v) is 7.54. The van der Waals surface area contributed by atoms with Gasteiger partial charge in [-0.1, -0.05) is 12.1 Å². The minimum absolute atomic E-state index is 0.0245. The summed E-state index contributed by atoms with van der Waals surface area (Å²) in [6.45, 7) is 3.49. The Hall–Kier alpha value is -2.22. The fraction of sp³-hybridized carbons (Fsp3) is 0.250. The van der Waals surface area contributed by atoms with Gasteiger partial charge in [0.2, 0.25) is 10.0 Å². The quantitative estimate of drug-likeness (QED) is 0.814. The van der Waals surface area contributed by atoms with Crippen molar-refractivity contribution in [2.24, 2.45) is 0 Å². The maximum Gasteiger partial charge on any atom is 0.256 e. The van der Waals surface area contributed by atoms with Crippen LogP contribution < -0.4 is 10.5 Å². The third-order valence-corrected chi connectivity index (χ3v) is 3.88. The van der Waals surface area contributed by atoms with E-state index in [0.717, 1.165) is 0 Å². The van der Waals surface area contributed by atoms with Gasteiger partial charge in [0.15, 0.2) is 0 Å². The minimum atomic E-state index is -3.59. The molecule has 0 saturated heterocycles. The fourth-order valence-electron chi connectivity index (χ4n) is 1.51. The molecular formula is C12H15N5O2S. The highest BCUT2D eigenvalue weighted by molar-refractivity contribution is 7.91. The molecular weight excluding hydrogens is 278 g/mol. The number of hydrogen-bond donors (Lipinski definition) is 2. The van der Waals surface area contributed by atoms with Crippen LogP contribution in [0.15, 0.2) is 24.3 Å². The van der Waals surface area contributed by atoms with E-state index in [2.05, 4.69) is 19.9 Å². The van der Waals surface area contributed by atoms with E-state index >= 15 is 0 Å². The molecule has 1 aromatic heterocycles. The summed E-state index contributed by atoms with van der Waals surface area (Å²) >= 11 is 0. The van der Waals surface area contributed by atoms with Crippen molar-refractivity contribution in [3.8, 4) is 0 Å². The number of nitrogens with two attached hydrogens (primary N) is 1. The molecule has 0 unspecified atom stereocenters. The topological polar surface area (TPSA) is 111 Å². The molecule has 106 valence electrons. The Bertz CT molecular complexity index is 713. The average molecular weight is 293 g/mol. The van der Waals surface area contributed by atoms with Crippen LogP contribution in [0.1, 0.15) is 17.0 Å². The van der Waals surface area contributed by atoms with Crippen molar-refractivity contribution in [2.45, 2.75) is 19.6 Å². The van der Waals surface area contributed by atoms with Crippen LogP contribution in [-0.2, 0) is 15.8 Å². The summed E-state index contributed by atoms with van der Waals surface area (Å²) < 4.78 is 26.3. The SMILES string of the molecule is Cc1nnc(NS(=O)(=O)Cc2ccc(N)cc2)nc1C. The summed E-state index contributed by atoms with van der Waals surface area (Å²) in [5.74, 6) is -0.202. The van der Waals surface area contributed by atoms with Gasteiger partial charge in [0.1, 0.15) is 0 Å². The van der Waals surface area contributed by atoms with Crippen molar-refractivity contribution >= 4 is 21.7 Å². The van der Waals surface area contributed by atoms with E-state index in [-0.39, 0.29) is 11.7 Å². The van der Waals surface area contributed by atoms with Gasteiger partial charge in [-0.15, -0.1) is 5.10 Å². The van der Waals surface area contributed by atoms with Gasteiger partial charge in [-0.3, -0.25) is 0 Å². The number of aryl methyl sites for hydroxylation is 2. The first-order valence-electron chi connectivity index (χ1n) is 5.88. The largest absolute Gasteiger partial charge is 0.399 e. The number of nitrogen functional groups attached to an aromatic ring is 1. The number of nitrogens with zero attached hydrogens (tertiary/aromatic N) is 3. The number of hydrogen-bond acceptors (Lipinski definition) is 6. The van der Waals surface area contributed by atoms with Gasteiger partial charge in [0, 0.05) is 5.69 Å². The zero-order chi connectivity index (χ0) is 14.8. The van der Waals surface area contributed by atoms with E-state index in [9.17, 15) is 8.42 Å². The number of benzene rings is 1. The normalized spacial score (nSPS) is 11.3. The molecule has 0 aliphatic rings. The first-order chi connectivity index (χ1) is 9.35. The summed E-state index contributed by atoms with van der Waals surface area (Å²) in [6, 6.07) is 6.62. The monoisotopic (exact) mass is 293 g/mol. The molecule has 20 heavy (non-hydrogen) atoms. The van der Waals surface area contributed by atoms with E-state index in [4.69, 9.17) is 5.73 Å². The van der Waals surface area contributed by atoms with Crippen LogP contribution in [0.3, 0.4) is 0 Å². The molecule has 2 aromatic rings. The van der Waals surface area contributed by atoms with Crippen molar-refractivity contribution in [1.29, 1.82) is 0 Å². The summed E-state index contributed by atoms with van der Waals surface area (Å²) in [7, 11) is -3.59. The van der Waals surface area contributed by atoms with Crippen LogP contribution in [0.4, 0.5) is 11.6 Å². The highest BCUT2D eigenvalue weighted by Crippen LogP contribution is 2.11. The highest BCUT2D eigenvalue weighted by Gasteiger charge is 2.14. The van der Waals surface area contributed by atoms with Gasteiger partial charge in [-0.05, 0) is 31.5 Å².